The van der Waals surface area contributed by atoms with Crippen molar-refractivity contribution in [3.8, 4) is 0 Å². The van der Waals surface area contributed by atoms with Gasteiger partial charge in [-0.05, 0) is 0 Å². The van der Waals surface area contributed by atoms with Crippen molar-refractivity contribution in [3.63, 3.8) is 0 Å². The summed E-state index contributed by atoms with van der Waals surface area (Å²) in [6, 6.07) is 0. The van der Waals surface area contributed by atoms with E-state index in [0.717, 1.165) is 12.8 Å². The molecule has 21 heavy (non-hydrogen) atoms. The first-order chi connectivity index (χ1) is 8.71. The number of hydrogen-bond acceptors (Lipinski definition) is 1. The summed E-state index contributed by atoms with van der Waals surface area (Å²) in [6.45, 7) is 11.6. The molecule has 0 saturated heterocycles. The van der Waals surface area contributed by atoms with Crippen LogP contribution in [0.5, 0.6) is 0 Å². The molecule has 0 unspecified atom stereocenters. The molecule has 0 aromatic rings. The second-order valence-corrected chi connectivity index (χ2v) is 16.8. The first-order valence-electron chi connectivity index (χ1n) is 6.93. The first kappa shape index (κ1) is 21.8. The molecular formula is C15H23Cl2OSi2Zr. The molecule has 0 aromatic heterocycles. The van der Waals surface area contributed by atoms with Gasteiger partial charge in [0.05, 0.1) is 0 Å². The molecular weight excluding hydrogens is 414 g/mol. The van der Waals surface area contributed by atoms with Crippen LogP contribution in [0.15, 0.2) is 43.9 Å². The van der Waals surface area contributed by atoms with Crippen LogP contribution in [0.2, 0.25) is 32.7 Å². The zero-order valence-corrected chi connectivity index (χ0v) is 19.4. The molecule has 0 atom stereocenters. The summed E-state index contributed by atoms with van der Waals surface area (Å²) in [7, 11) is -3.25. The Hall–Kier alpha value is 0.817. The second-order valence-electron chi connectivity index (χ2n) is 6.72. The standard InChI is InChI=1S/C15H23OSi2.2ClH.Zr/c1-17(2,3)16-18(4,5)15-12-8-11-14(15)13-9-6-7-10-13;;;/h6,8-9,12H,7,11H2,1-5H3;2*1H;/q;;;+2/p-2. The molecule has 1 nitrogen and oxygen atoms in total. The summed E-state index contributed by atoms with van der Waals surface area (Å²) in [5.74, 6) is 0. The van der Waals surface area contributed by atoms with Crippen LogP contribution in [0, 0.1) is 0 Å². The van der Waals surface area contributed by atoms with Crippen molar-refractivity contribution >= 4 is 16.6 Å². The summed E-state index contributed by atoms with van der Waals surface area (Å²) in [5, 5.41) is 1.52. The summed E-state index contributed by atoms with van der Waals surface area (Å²) in [6.07, 6.45) is 11.5. The third-order valence-corrected chi connectivity index (χ3v) is 10.8. The molecule has 0 saturated carbocycles. The van der Waals surface area contributed by atoms with Crippen LogP contribution >= 0.6 is 0 Å². The Morgan fingerprint density at radius 2 is 1.52 bits per heavy atom. The fourth-order valence-corrected chi connectivity index (χ4v) is 11.8. The molecule has 2 aliphatic carbocycles. The Kier molecular flexibility index (Phi) is 8.39. The normalized spacial score (nSPS) is 18.2. The van der Waals surface area contributed by atoms with Gasteiger partial charge in [0.2, 0.25) is 0 Å². The molecule has 2 rings (SSSR count). The maximum Gasteiger partial charge on any atom is -1.00 e. The van der Waals surface area contributed by atoms with Gasteiger partial charge < -0.3 is 24.8 Å². The van der Waals surface area contributed by atoms with Gasteiger partial charge in [-0.1, -0.05) is 0 Å². The van der Waals surface area contributed by atoms with E-state index in [1.807, 2.05) is 0 Å². The number of allylic oxidation sites excluding steroid dienone is 8. The molecule has 0 fully saturated rings. The molecule has 0 aromatic carbocycles. The van der Waals surface area contributed by atoms with Crippen molar-refractivity contribution in [1.82, 2.24) is 0 Å². The van der Waals surface area contributed by atoms with Crippen molar-refractivity contribution in [2.75, 3.05) is 0 Å². The van der Waals surface area contributed by atoms with E-state index in [0.29, 0.717) is 0 Å². The van der Waals surface area contributed by atoms with Crippen LogP contribution in [0.1, 0.15) is 12.8 Å². The van der Waals surface area contributed by atoms with Crippen LogP contribution in [0.4, 0.5) is 0 Å². The fourth-order valence-electron chi connectivity index (χ4n) is 2.93. The summed E-state index contributed by atoms with van der Waals surface area (Å²) < 4.78 is 8.16. The van der Waals surface area contributed by atoms with E-state index in [-0.39, 0.29) is 24.8 Å². The van der Waals surface area contributed by atoms with E-state index < -0.39 is 16.6 Å². The minimum Gasteiger partial charge on any atom is -1.00 e. The Morgan fingerprint density at radius 3 is 2.00 bits per heavy atom. The van der Waals surface area contributed by atoms with E-state index in [9.17, 15) is 0 Å². The minimum atomic E-state index is -1.77. The van der Waals surface area contributed by atoms with Crippen molar-refractivity contribution in [3.05, 3.63) is 43.9 Å². The zero-order valence-electron chi connectivity index (χ0n) is 13.4. The first-order valence-corrected chi connectivity index (χ1v) is 14.5. The van der Waals surface area contributed by atoms with Crippen LogP contribution in [-0.2, 0) is 28.8 Å². The zero-order chi connectivity index (χ0) is 14.3. The van der Waals surface area contributed by atoms with Gasteiger partial charge in [-0.2, -0.15) is 0 Å². The Balaban J connectivity index is 0.00000200. The van der Waals surface area contributed by atoms with Crippen LogP contribution in [-0.4, -0.2) is 16.6 Å². The van der Waals surface area contributed by atoms with Crippen molar-refractivity contribution < 1.29 is 53.6 Å². The third kappa shape index (κ3) is 5.44. The van der Waals surface area contributed by atoms with Gasteiger partial charge in [0, 0.05) is 0 Å². The maximum atomic E-state index is 6.56. The van der Waals surface area contributed by atoms with Gasteiger partial charge in [-0.15, -0.1) is 0 Å². The Labute approximate surface area is 158 Å². The largest absolute Gasteiger partial charge is 1.00 e. The molecule has 115 valence electrons. The number of hydrogen-bond donors (Lipinski definition) is 0. The SMILES string of the molecule is C[Si](C)(C)O[Si](C)(C)C1=C(C2=[C]([Zr+2])CC=C2)CC=C1.[Cl-].[Cl-]. The summed E-state index contributed by atoms with van der Waals surface area (Å²) in [4.78, 5) is 0. The predicted molar refractivity (Wildman–Crippen MR) is 83.5 cm³/mol. The van der Waals surface area contributed by atoms with Gasteiger partial charge in [-0.25, -0.2) is 0 Å². The molecule has 0 aliphatic heterocycles. The average molecular weight is 438 g/mol. The molecule has 0 bridgehead atoms. The smallest absolute Gasteiger partial charge is 1.00 e. The van der Waals surface area contributed by atoms with Gasteiger partial charge in [0.25, 0.3) is 0 Å². The molecule has 6 heteroatoms. The average Bonchev–Trinajstić information content (AvgIpc) is 2.80. The van der Waals surface area contributed by atoms with E-state index in [1.54, 1.807) is 33.6 Å². The summed E-state index contributed by atoms with van der Waals surface area (Å²) in [5.41, 5.74) is 3.06. The number of rotatable bonds is 4. The van der Waals surface area contributed by atoms with Crippen molar-refractivity contribution in [2.45, 2.75) is 45.6 Å². The van der Waals surface area contributed by atoms with Gasteiger partial charge in [0.15, 0.2) is 0 Å². The number of halogens is 2. The molecule has 0 spiro atoms. The van der Waals surface area contributed by atoms with Gasteiger partial charge >= 0.3 is 135 Å². The van der Waals surface area contributed by atoms with Crippen molar-refractivity contribution in [2.24, 2.45) is 0 Å². The van der Waals surface area contributed by atoms with E-state index in [4.69, 9.17) is 4.12 Å². The molecule has 0 radical (unpaired) electrons. The third-order valence-electron chi connectivity index (χ3n) is 3.40. The predicted octanol–water partition coefficient (Wildman–Crippen LogP) is -1.39. The topological polar surface area (TPSA) is 9.23 Å². The van der Waals surface area contributed by atoms with Crippen LogP contribution in [0.3, 0.4) is 0 Å². The van der Waals surface area contributed by atoms with E-state index in [1.165, 1.54) is 10.8 Å². The van der Waals surface area contributed by atoms with E-state index >= 15 is 0 Å². The quantitative estimate of drug-likeness (QED) is 0.492. The van der Waals surface area contributed by atoms with Crippen molar-refractivity contribution in [1.29, 1.82) is 0 Å². The van der Waals surface area contributed by atoms with Crippen LogP contribution < -0.4 is 24.8 Å². The molecule has 0 amide bonds. The fraction of sp³-hybridized carbons (Fsp3) is 0.467. The van der Waals surface area contributed by atoms with Gasteiger partial charge in [0.1, 0.15) is 0 Å². The second kappa shape index (κ2) is 8.08. The summed E-state index contributed by atoms with van der Waals surface area (Å²) >= 11 is 1.56. The maximum absolute atomic E-state index is 6.56. The molecule has 0 N–H and O–H groups in total. The monoisotopic (exact) mass is 435 g/mol. The minimum absolute atomic E-state index is 0. The van der Waals surface area contributed by atoms with Gasteiger partial charge in [-0.3, -0.25) is 0 Å². The molecule has 2 aliphatic rings. The Bertz CT molecular complexity index is 514. The Morgan fingerprint density at radius 1 is 0.952 bits per heavy atom. The van der Waals surface area contributed by atoms with E-state index in [2.05, 4.69) is 57.0 Å². The van der Waals surface area contributed by atoms with Crippen LogP contribution in [0.25, 0.3) is 0 Å². The molecule has 0 heterocycles.